The monoisotopic (exact) mass is 743 g/mol. The van der Waals surface area contributed by atoms with E-state index in [-0.39, 0.29) is 45.4 Å². The summed E-state index contributed by atoms with van der Waals surface area (Å²) in [6.45, 7) is 4.95. The van der Waals surface area contributed by atoms with Crippen LogP contribution in [0.2, 0.25) is 0 Å². The van der Waals surface area contributed by atoms with Crippen LogP contribution in [0.15, 0.2) is 36.4 Å². The van der Waals surface area contributed by atoms with Crippen LogP contribution in [0.3, 0.4) is 0 Å². The number of ether oxygens (including phenoxy) is 1. The van der Waals surface area contributed by atoms with Gasteiger partial charge >= 0.3 is 18.0 Å². The van der Waals surface area contributed by atoms with E-state index in [0.717, 1.165) is 4.90 Å². The topological polar surface area (TPSA) is 272 Å². The Bertz CT molecular complexity index is 1510. The van der Waals surface area contributed by atoms with Crippen LogP contribution in [0.25, 0.3) is 0 Å². The minimum absolute atomic E-state index is 0.0125. The maximum Gasteiger partial charge on any atom is 0.312 e. The molecule has 18 nitrogen and oxygen atoms in total. The molecule has 2 rings (SSSR count). The zero-order chi connectivity index (χ0) is 39.5. The smallest absolute Gasteiger partial charge is 0.312 e. The quantitative estimate of drug-likeness (QED) is 0.0463. The van der Waals surface area contributed by atoms with Crippen molar-refractivity contribution in [3.63, 3.8) is 0 Å². The maximum absolute atomic E-state index is 13.6. The molecule has 0 unspecified atom stereocenters. The number of nitrogens with two attached hydrogens (primary N) is 1. The van der Waals surface area contributed by atoms with Crippen molar-refractivity contribution < 1.29 is 53.0 Å². The maximum atomic E-state index is 13.6. The number of imide groups is 1. The van der Waals surface area contributed by atoms with Gasteiger partial charge in [-0.25, -0.2) is 4.79 Å². The normalized spacial score (nSPS) is 13.8. The molecule has 1 aliphatic heterocycles. The average Bonchev–Trinajstić information content (AvgIpc) is 3.41. The number of carboxylic acids is 1. The van der Waals surface area contributed by atoms with E-state index >= 15 is 0 Å². The number of rotatable bonds is 23. The molecule has 0 radical (unpaired) electrons. The second kappa shape index (κ2) is 22.2. The van der Waals surface area contributed by atoms with E-state index in [1.54, 1.807) is 38.1 Å². The first kappa shape index (κ1) is 43.4. The summed E-state index contributed by atoms with van der Waals surface area (Å²) < 4.78 is 4.96. The van der Waals surface area contributed by atoms with Gasteiger partial charge < -0.3 is 42.2 Å². The lowest BCUT2D eigenvalue weighted by molar-refractivity contribution is -0.142. The number of benzene rings is 1. The number of nitrogens with one attached hydrogen (secondary N) is 5. The SMILES string of the molecule is CC(=O)OCc1ccc(NC(=O)[C@H](CCCNC(N)=O)NC(=O)[C@@H](NC(=O)[C@H](CCC(=O)O)NC(=O)CCCCCN2C(=O)C=CC2=O)C(C)C)cc1. The fraction of sp³-hybridized carbons (Fsp3) is 0.514. The largest absolute Gasteiger partial charge is 0.481 e. The number of aliphatic carboxylic acids is 1. The van der Waals surface area contributed by atoms with Crippen molar-refractivity contribution in [3.8, 4) is 0 Å². The Morgan fingerprint density at radius 3 is 2.02 bits per heavy atom. The fourth-order valence-corrected chi connectivity index (χ4v) is 5.12. The first-order valence-electron chi connectivity index (χ1n) is 17.3. The van der Waals surface area contributed by atoms with E-state index in [0.29, 0.717) is 30.5 Å². The van der Waals surface area contributed by atoms with Crippen LogP contribution >= 0.6 is 0 Å². The molecule has 1 aromatic rings. The van der Waals surface area contributed by atoms with Gasteiger partial charge in [-0.2, -0.15) is 0 Å². The molecule has 3 atom stereocenters. The molecule has 8 N–H and O–H groups in total. The number of esters is 1. The van der Waals surface area contributed by atoms with Gasteiger partial charge in [-0.05, 0) is 55.7 Å². The number of anilines is 1. The predicted octanol–water partition coefficient (Wildman–Crippen LogP) is 0.597. The lowest BCUT2D eigenvalue weighted by Crippen LogP contribution is -2.57. The lowest BCUT2D eigenvalue weighted by Gasteiger charge is -2.27. The molecular formula is C35H49N7O11. The van der Waals surface area contributed by atoms with Gasteiger partial charge in [-0.15, -0.1) is 0 Å². The standard InChI is InChI=1S/C35H49N7O11/c1-21(2)31(41-33(50)26(14-17-30(47)48)39-27(44)9-5-4-6-19-42-28(45)15-16-29(42)46)34(51)40-25(8-7-18-37-35(36)52)32(49)38-24-12-10-23(11-13-24)20-53-22(3)43/h10-13,15-16,21,25-26,31H,4-9,14,17-20H2,1-3H3,(H,38,49)(H,39,44)(H,40,51)(H,41,50)(H,47,48)(H3,36,37,52)/t25-,26-,31-/m0/s1. The number of unbranched alkanes of at least 4 members (excludes halogenated alkanes) is 2. The first-order valence-corrected chi connectivity index (χ1v) is 17.3. The van der Waals surface area contributed by atoms with Crippen molar-refractivity contribution >= 4 is 59.1 Å². The van der Waals surface area contributed by atoms with E-state index in [4.69, 9.17) is 10.5 Å². The van der Waals surface area contributed by atoms with Gasteiger partial charge in [0.05, 0.1) is 0 Å². The van der Waals surface area contributed by atoms with Gasteiger partial charge in [0.1, 0.15) is 24.7 Å². The molecule has 18 heteroatoms. The van der Waals surface area contributed by atoms with Crippen molar-refractivity contribution in [1.82, 2.24) is 26.2 Å². The highest BCUT2D eigenvalue weighted by molar-refractivity contribution is 6.12. The number of hydrogen-bond acceptors (Lipinski definition) is 10. The molecule has 0 spiro atoms. The summed E-state index contributed by atoms with van der Waals surface area (Å²) in [7, 11) is 0. The van der Waals surface area contributed by atoms with Crippen LogP contribution in [0, 0.1) is 5.92 Å². The minimum atomic E-state index is -1.29. The molecule has 0 saturated carbocycles. The third kappa shape index (κ3) is 16.4. The Hall–Kier alpha value is -5.81. The summed E-state index contributed by atoms with van der Waals surface area (Å²) >= 11 is 0. The number of carboxylic acid groups (broad SMARTS) is 1. The zero-order valence-corrected chi connectivity index (χ0v) is 30.1. The second-order valence-electron chi connectivity index (χ2n) is 12.7. The Labute approximate surface area is 307 Å². The molecule has 0 bridgehead atoms. The van der Waals surface area contributed by atoms with E-state index in [9.17, 15) is 48.3 Å². The van der Waals surface area contributed by atoms with Gasteiger partial charge in [0, 0.05) is 50.7 Å². The van der Waals surface area contributed by atoms with E-state index < -0.39 is 83.9 Å². The molecule has 8 amide bonds. The highest BCUT2D eigenvalue weighted by atomic mass is 16.5. The third-order valence-electron chi connectivity index (χ3n) is 8.00. The highest BCUT2D eigenvalue weighted by Crippen LogP contribution is 2.14. The van der Waals surface area contributed by atoms with Gasteiger partial charge in [-0.3, -0.25) is 43.3 Å². The number of carbonyl (C=O) groups is 9. The number of amides is 8. The fourth-order valence-electron chi connectivity index (χ4n) is 5.12. The number of carbonyl (C=O) groups excluding carboxylic acids is 8. The predicted molar refractivity (Wildman–Crippen MR) is 189 cm³/mol. The van der Waals surface area contributed by atoms with Gasteiger partial charge in [0.2, 0.25) is 23.6 Å². The Balaban J connectivity index is 2.06. The second-order valence-corrected chi connectivity index (χ2v) is 12.7. The Kier molecular flexibility index (Phi) is 18.2. The van der Waals surface area contributed by atoms with Gasteiger partial charge in [0.15, 0.2) is 0 Å². The van der Waals surface area contributed by atoms with Gasteiger partial charge in [-0.1, -0.05) is 32.4 Å². The van der Waals surface area contributed by atoms with E-state index in [2.05, 4.69) is 26.6 Å². The molecular weight excluding hydrogens is 694 g/mol. The summed E-state index contributed by atoms with van der Waals surface area (Å²) in [5.41, 5.74) is 6.19. The number of urea groups is 1. The van der Waals surface area contributed by atoms with Crippen LogP contribution in [0.1, 0.15) is 77.7 Å². The Morgan fingerprint density at radius 2 is 1.43 bits per heavy atom. The summed E-state index contributed by atoms with van der Waals surface area (Å²) in [5.74, 6) is -5.60. The van der Waals surface area contributed by atoms with Crippen molar-refractivity contribution in [3.05, 3.63) is 42.0 Å². The van der Waals surface area contributed by atoms with Crippen LogP contribution in [-0.2, 0) is 49.7 Å². The number of hydrogen-bond donors (Lipinski definition) is 7. The van der Waals surface area contributed by atoms with E-state index in [1.165, 1.54) is 19.1 Å². The molecule has 1 heterocycles. The number of nitrogens with zero attached hydrogens (tertiary/aromatic N) is 1. The summed E-state index contributed by atoms with van der Waals surface area (Å²) in [5, 5.41) is 22.2. The van der Waals surface area contributed by atoms with Crippen molar-refractivity contribution in [1.29, 1.82) is 0 Å². The average molecular weight is 744 g/mol. The molecule has 53 heavy (non-hydrogen) atoms. The molecule has 0 aliphatic carbocycles. The van der Waals surface area contributed by atoms with Gasteiger partial charge in [0.25, 0.3) is 11.8 Å². The number of primary amides is 1. The molecule has 0 saturated heterocycles. The molecule has 0 fully saturated rings. The zero-order valence-electron chi connectivity index (χ0n) is 30.1. The van der Waals surface area contributed by atoms with Crippen molar-refractivity contribution in [2.45, 2.75) is 96.9 Å². The van der Waals surface area contributed by atoms with Crippen LogP contribution in [-0.4, -0.2) is 94.6 Å². The molecule has 0 aromatic heterocycles. The van der Waals surface area contributed by atoms with Crippen molar-refractivity contribution in [2.75, 3.05) is 18.4 Å². The molecule has 290 valence electrons. The Morgan fingerprint density at radius 1 is 0.792 bits per heavy atom. The first-order chi connectivity index (χ1) is 25.1. The third-order valence-corrected chi connectivity index (χ3v) is 8.00. The van der Waals surface area contributed by atoms with Crippen molar-refractivity contribution in [2.24, 2.45) is 11.7 Å². The van der Waals surface area contributed by atoms with Crippen LogP contribution < -0.4 is 32.3 Å². The van der Waals surface area contributed by atoms with Crippen LogP contribution in [0.5, 0.6) is 0 Å². The summed E-state index contributed by atoms with van der Waals surface area (Å²) in [4.78, 5) is 111. The highest BCUT2D eigenvalue weighted by Gasteiger charge is 2.32. The minimum Gasteiger partial charge on any atom is -0.481 e. The molecule has 1 aliphatic rings. The lowest BCUT2D eigenvalue weighted by atomic mass is 10.0. The summed E-state index contributed by atoms with van der Waals surface area (Å²) in [6.07, 6.45) is 3.30. The van der Waals surface area contributed by atoms with Crippen LogP contribution in [0.4, 0.5) is 10.5 Å². The molecule has 1 aromatic carbocycles. The van der Waals surface area contributed by atoms with E-state index in [1.807, 2.05) is 0 Å². The summed E-state index contributed by atoms with van der Waals surface area (Å²) in [6, 6.07) is 2.09.